The summed E-state index contributed by atoms with van der Waals surface area (Å²) >= 11 is 0. The van der Waals surface area contributed by atoms with Gasteiger partial charge in [-0.25, -0.2) is 4.57 Å². The van der Waals surface area contributed by atoms with Crippen LogP contribution in [0.2, 0.25) is 0 Å². The molecule has 3 atom stereocenters. The first-order chi connectivity index (χ1) is 36.2. The zero-order valence-corrected chi connectivity index (χ0v) is 49.0. The number of carbonyl (C=O) groups is 3. The Morgan fingerprint density at radius 3 is 1.04 bits per heavy atom. The maximum absolute atomic E-state index is 12.9. The number of aliphatic hydroxyl groups is 1. The fourth-order valence-corrected chi connectivity index (χ4v) is 9.58. The number of unbranched alkanes of at least 4 members (excludes halogenated alkanes) is 35. The number of rotatable bonds is 58. The molecule has 0 heterocycles. The molecule has 74 heavy (non-hydrogen) atoms. The van der Waals surface area contributed by atoms with Gasteiger partial charge in [0.25, 0.3) is 0 Å². The summed E-state index contributed by atoms with van der Waals surface area (Å²) in [5.41, 5.74) is 0. The zero-order valence-electron chi connectivity index (χ0n) is 48.1. The standard InChI is InChI=1S/C62H115O11P/c1-4-7-10-13-16-19-22-25-28-29-32-35-38-41-44-47-50-53-62(66)73-59(55-69-60(64)51-48-45-42-39-36-33-30-26-23-20-17-14-11-8-5-2)57-71-74(67,68)70-56-58(54-63)72-61(65)52-49-46-43-40-37-34-31-27-24-21-18-15-12-9-6-3/h16,19,25,27-28,31,58-59,63H,4-15,17-18,20-24,26,29-30,32-57H2,1-3H3,(H,67,68)/b19-16-,28-25-,31-27-. The van der Waals surface area contributed by atoms with Gasteiger partial charge in [0.15, 0.2) is 6.10 Å². The smallest absolute Gasteiger partial charge is 0.462 e. The van der Waals surface area contributed by atoms with Gasteiger partial charge in [0, 0.05) is 19.3 Å². The summed E-state index contributed by atoms with van der Waals surface area (Å²) < 4.78 is 39.6. The molecular formula is C62H115O11P. The molecule has 0 saturated heterocycles. The summed E-state index contributed by atoms with van der Waals surface area (Å²) in [4.78, 5) is 48.6. The Balaban J connectivity index is 4.70. The third-order valence-corrected chi connectivity index (χ3v) is 14.5. The van der Waals surface area contributed by atoms with E-state index in [4.69, 9.17) is 23.3 Å². The van der Waals surface area contributed by atoms with Crippen molar-refractivity contribution >= 4 is 25.7 Å². The number of aliphatic hydroxyl groups excluding tert-OH is 1. The summed E-state index contributed by atoms with van der Waals surface area (Å²) in [5.74, 6) is -1.46. The Labute approximate surface area is 454 Å². The maximum Gasteiger partial charge on any atom is 0.472 e. The van der Waals surface area contributed by atoms with E-state index in [0.717, 1.165) is 96.3 Å². The highest BCUT2D eigenvalue weighted by atomic mass is 31.2. The number of ether oxygens (including phenoxy) is 3. The minimum atomic E-state index is -4.75. The second kappa shape index (κ2) is 56.9. The molecule has 0 bridgehead atoms. The van der Waals surface area contributed by atoms with E-state index in [0.29, 0.717) is 19.3 Å². The molecule has 2 N–H and O–H groups in total. The van der Waals surface area contributed by atoms with Crippen molar-refractivity contribution in [3.8, 4) is 0 Å². The van der Waals surface area contributed by atoms with Gasteiger partial charge in [-0.3, -0.25) is 23.4 Å². The maximum atomic E-state index is 12.9. The minimum absolute atomic E-state index is 0.162. The molecule has 0 aromatic rings. The van der Waals surface area contributed by atoms with Crippen LogP contribution in [0, 0.1) is 0 Å². The van der Waals surface area contributed by atoms with Crippen LogP contribution in [0.1, 0.15) is 303 Å². The van der Waals surface area contributed by atoms with Gasteiger partial charge in [0.1, 0.15) is 12.7 Å². The molecule has 434 valence electrons. The zero-order chi connectivity index (χ0) is 54.1. The number of allylic oxidation sites excluding steroid dienone is 6. The second-order valence-corrected chi connectivity index (χ2v) is 22.3. The first-order valence-electron chi connectivity index (χ1n) is 30.9. The first kappa shape index (κ1) is 71.7. The van der Waals surface area contributed by atoms with Crippen molar-refractivity contribution in [1.82, 2.24) is 0 Å². The molecule has 0 aliphatic heterocycles. The van der Waals surface area contributed by atoms with Gasteiger partial charge in [-0.1, -0.05) is 243 Å². The number of carbonyl (C=O) groups excluding carboxylic acids is 3. The van der Waals surface area contributed by atoms with Crippen LogP contribution in [0.3, 0.4) is 0 Å². The van der Waals surface area contributed by atoms with E-state index in [-0.39, 0.29) is 25.9 Å². The molecule has 0 aromatic heterocycles. The molecule has 3 unspecified atom stereocenters. The normalized spacial score (nSPS) is 13.5. The molecule has 0 amide bonds. The van der Waals surface area contributed by atoms with Crippen LogP contribution in [-0.4, -0.2) is 66.5 Å². The van der Waals surface area contributed by atoms with Crippen LogP contribution in [0.5, 0.6) is 0 Å². The fraction of sp³-hybridized carbons (Fsp3) is 0.855. The molecule has 0 spiro atoms. The highest BCUT2D eigenvalue weighted by Crippen LogP contribution is 2.43. The van der Waals surface area contributed by atoms with Gasteiger partial charge >= 0.3 is 25.7 Å². The van der Waals surface area contributed by atoms with Gasteiger partial charge in [-0.15, -0.1) is 0 Å². The molecule has 0 rings (SSSR count). The average Bonchev–Trinajstić information content (AvgIpc) is 3.39. The van der Waals surface area contributed by atoms with Crippen molar-refractivity contribution in [1.29, 1.82) is 0 Å². The Morgan fingerprint density at radius 1 is 0.378 bits per heavy atom. The monoisotopic (exact) mass is 1070 g/mol. The van der Waals surface area contributed by atoms with Crippen molar-refractivity contribution in [2.45, 2.75) is 315 Å². The van der Waals surface area contributed by atoms with Crippen molar-refractivity contribution in [3.63, 3.8) is 0 Å². The topological polar surface area (TPSA) is 155 Å². The summed E-state index contributed by atoms with van der Waals surface area (Å²) in [6.07, 6.45) is 59.5. The predicted octanol–water partition coefficient (Wildman–Crippen LogP) is 18.4. The van der Waals surface area contributed by atoms with Crippen LogP contribution in [-0.2, 0) is 42.2 Å². The Bertz CT molecular complexity index is 1380. The number of phosphoric ester groups is 1. The third-order valence-electron chi connectivity index (χ3n) is 13.5. The van der Waals surface area contributed by atoms with Gasteiger partial charge in [-0.2, -0.15) is 0 Å². The molecule has 0 aromatic carbocycles. The Morgan fingerprint density at radius 2 is 0.662 bits per heavy atom. The van der Waals surface area contributed by atoms with Crippen molar-refractivity contribution in [3.05, 3.63) is 36.5 Å². The molecule has 0 radical (unpaired) electrons. The van der Waals surface area contributed by atoms with Crippen LogP contribution >= 0.6 is 7.82 Å². The van der Waals surface area contributed by atoms with Gasteiger partial charge < -0.3 is 24.2 Å². The number of phosphoric acid groups is 1. The quantitative estimate of drug-likeness (QED) is 0.0197. The average molecular weight is 1070 g/mol. The molecular weight excluding hydrogens is 952 g/mol. The van der Waals surface area contributed by atoms with Crippen LogP contribution in [0.15, 0.2) is 36.5 Å². The lowest BCUT2D eigenvalue weighted by Crippen LogP contribution is -2.30. The second-order valence-electron chi connectivity index (χ2n) is 20.9. The largest absolute Gasteiger partial charge is 0.472 e. The lowest BCUT2D eigenvalue weighted by molar-refractivity contribution is -0.161. The molecule has 0 aliphatic rings. The molecule has 0 fully saturated rings. The van der Waals surface area contributed by atoms with Crippen LogP contribution in [0.4, 0.5) is 0 Å². The highest BCUT2D eigenvalue weighted by Gasteiger charge is 2.28. The summed E-state index contributed by atoms with van der Waals surface area (Å²) in [6, 6.07) is 0. The molecule has 0 aliphatic carbocycles. The lowest BCUT2D eigenvalue weighted by atomic mass is 10.0. The van der Waals surface area contributed by atoms with E-state index in [2.05, 4.69) is 57.2 Å². The van der Waals surface area contributed by atoms with Crippen molar-refractivity contribution < 1.29 is 52.2 Å². The molecule has 0 saturated carbocycles. The van der Waals surface area contributed by atoms with E-state index in [1.807, 2.05) is 0 Å². The number of hydrogen-bond donors (Lipinski definition) is 2. The minimum Gasteiger partial charge on any atom is -0.462 e. The highest BCUT2D eigenvalue weighted by molar-refractivity contribution is 7.47. The summed E-state index contributed by atoms with van der Waals surface area (Å²) in [6.45, 7) is 4.65. The predicted molar refractivity (Wildman–Crippen MR) is 307 cm³/mol. The Hall–Kier alpha value is -2.30. The van der Waals surface area contributed by atoms with Gasteiger partial charge in [0.2, 0.25) is 0 Å². The van der Waals surface area contributed by atoms with Gasteiger partial charge in [-0.05, 0) is 77.0 Å². The number of hydrogen-bond acceptors (Lipinski definition) is 10. The number of esters is 3. The van der Waals surface area contributed by atoms with E-state index < -0.39 is 57.8 Å². The van der Waals surface area contributed by atoms with E-state index >= 15 is 0 Å². The fourth-order valence-electron chi connectivity index (χ4n) is 8.79. The van der Waals surface area contributed by atoms with E-state index in [9.17, 15) is 28.9 Å². The summed E-state index contributed by atoms with van der Waals surface area (Å²) in [5, 5.41) is 9.83. The van der Waals surface area contributed by atoms with Crippen LogP contribution in [0.25, 0.3) is 0 Å². The first-order valence-corrected chi connectivity index (χ1v) is 32.4. The van der Waals surface area contributed by atoms with Crippen molar-refractivity contribution in [2.24, 2.45) is 0 Å². The Kier molecular flexibility index (Phi) is 55.1. The van der Waals surface area contributed by atoms with E-state index in [1.54, 1.807) is 0 Å². The van der Waals surface area contributed by atoms with Gasteiger partial charge in [0.05, 0.1) is 19.8 Å². The summed E-state index contributed by atoms with van der Waals surface area (Å²) in [7, 11) is -4.75. The van der Waals surface area contributed by atoms with Crippen molar-refractivity contribution in [2.75, 3.05) is 26.4 Å². The SMILES string of the molecule is CCCCC/C=C\C/C=C\CCCCCCCCCC(=O)OC(COC(=O)CCCCCCCCCCCCCCCCC)COP(=O)(O)OCC(CO)OC(=O)CCCCCCC/C=C\CCCCCCCC. The molecule has 12 heteroatoms. The molecule has 11 nitrogen and oxygen atoms in total. The third kappa shape index (κ3) is 54.5. The van der Waals surface area contributed by atoms with Crippen LogP contribution < -0.4 is 0 Å². The van der Waals surface area contributed by atoms with E-state index in [1.165, 1.54) is 148 Å². The lowest BCUT2D eigenvalue weighted by Gasteiger charge is -2.21.